The Morgan fingerprint density at radius 1 is 1.11 bits per heavy atom. The van der Waals surface area contributed by atoms with E-state index >= 15 is 0 Å². The van der Waals surface area contributed by atoms with Crippen LogP contribution in [0, 0.1) is 12.7 Å². The highest BCUT2D eigenvalue weighted by Crippen LogP contribution is 2.45. The SMILES string of the molecule is CCOc1ccc2nc(N3C(=O)C(=O)/C(=C(/O)c4c(C)nc5ccccn45)C3c3ccc(F)cc3)sc2c1. The van der Waals surface area contributed by atoms with Crippen molar-refractivity contribution in [2.24, 2.45) is 0 Å². The molecule has 1 fully saturated rings. The second kappa shape index (κ2) is 9.07. The maximum Gasteiger partial charge on any atom is 0.301 e. The number of aryl methyl sites for hydroxylation is 1. The van der Waals surface area contributed by atoms with Gasteiger partial charge in [0, 0.05) is 6.20 Å². The number of ether oxygens (including phenoxy) is 1. The summed E-state index contributed by atoms with van der Waals surface area (Å²) in [5, 5.41) is 11.9. The number of anilines is 1. The van der Waals surface area contributed by atoms with E-state index in [0.29, 0.717) is 40.5 Å². The van der Waals surface area contributed by atoms with Gasteiger partial charge in [-0.15, -0.1) is 0 Å². The van der Waals surface area contributed by atoms with Gasteiger partial charge in [-0.2, -0.15) is 0 Å². The lowest BCUT2D eigenvalue weighted by atomic mass is 9.96. The Bertz CT molecular complexity index is 1770. The maximum atomic E-state index is 13.9. The number of Topliss-reactive ketones (excluding diaryl/α,β-unsaturated/α-hetero) is 1. The number of thiazole rings is 1. The lowest BCUT2D eigenvalue weighted by molar-refractivity contribution is -0.132. The van der Waals surface area contributed by atoms with Crippen molar-refractivity contribution in [3.05, 3.63) is 95.2 Å². The van der Waals surface area contributed by atoms with Gasteiger partial charge in [-0.3, -0.25) is 18.9 Å². The van der Waals surface area contributed by atoms with Gasteiger partial charge < -0.3 is 9.84 Å². The molecule has 0 saturated carbocycles. The molecule has 190 valence electrons. The first-order valence-electron chi connectivity index (χ1n) is 11.9. The number of ketones is 1. The van der Waals surface area contributed by atoms with E-state index in [2.05, 4.69) is 9.97 Å². The maximum absolute atomic E-state index is 13.9. The zero-order valence-corrected chi connectivity index (χ0v) is 21.2. The Morgan fingerprint density at radius 3 is 2.66 bits per heavy atom. The third-order valence-electron chi connectivity index (χ3n) is 6.42. The summed E-state index contributed by atoms with van der Waals surface area (Å²) in [6, 6.07) is 15.2. The molecule has 2 aromatic carbocycles. The normalized spacial score (nSPS) is 17.1. The van der Waals surface area contributed by atoms with E-state index in [9.17, 15) is 19.1 Å². The molecule has 5 aromatic rings. The van der Waals surface area contributed by atoms with Crippen LogP contribution in [0.1, 0.15) is 29.9 Å². The molecule has 1 saturated heterocycles. The molecule has 0 aliphatic carbocycles. The van der Waals surface area contributed by atoms with Gasteiger partial charge in [-0.25, -0.2) is 14.4 Å². The molecule has 1 aliphatic heterocycles. The Kier molecular flexibility index (Phi) is 5.68. The zero-order valence-electron chi connectivity index (χ0n) is 20.4. The van der Waals surface area contributed by atoms with Crippen molar-refractivity contribution in [1.82, 2.24) is 14.4 Å². The molecule has 0 radical (unpaired) electrons. The number of nitrogens with zero attached hydrogens (tertiary/aromatic N) is 4. The summed E-state index contributed by atoms with van der Waals surface area (Å²) >= 11 is 1.22. The van der Waals surface area contributed by atoms with Crippen LogP contribution in [-0.4, -0.2) is 37.8 Å². The molecule has 38 heavy (non-hydrogen) atoms. The van der Waals surface area contributed by atoms with E-state index in [1.165, 1.54) is 40.5 Å². The average molecular weight is 529 g/mol. The van der Waals surface area contributed by atoms with Gasteiger partial charge in [-0.1, -0.05) is 29.5 Å². The number of benzene rings is 2. The number of aromatic nitrogens is 3. The minimum absolute atomic E-state index is 0.121. The topological polar surface area (TPSA) is 97.0 Å². The van der Waals surface area contributed by atoms with E-state index in [4.69, 9.17) is 4.74 Å². The van der Waals surface area contributed by atoms with Crippen molar-refractivity contribution in [3.8, 4) is 5.75 Å². The highest BCUT2D eigenvalue weighted by Gasteiger charge is 2.48. The van der Waals surface area contributed by atoms with Crippen LogP contribution in [-0.2, 0) is 9.59 Å². The van der Waals surface area contributed by atoms with Crippen molar-refractivity contribution >= 4 is 49.8 Å². The van der Waals surface area contributed by atoms with Crippen LogP contribution in [0.4, 0.5) is 9.52 Å². The summed E-state index contributed by atoms with van der Waals surface area (Å²) in [5.74, 6) is -1.87. The molecule has 6 rings (SSSR count). The minimum Gasteiger partial charge on any atom is -0.505 e. The highest BCUT2D eigenvalue weighted by molar-refractivity contribution is 7.22. The molecule has 1 unspecified atom stereocenters. The lowest BCUT2D eigenvalue weighted by Crippen LogP contribution is -2.29. The number of fused-ring (bicyclic) bond motifs is 2. The van der Waals surface area contributed by atoms with Crippen molar-refractivity contribution in [2.45, 2.75) is 19.9 Å². The van der Waals surface area contributed by atoms with Gasteiger partial charge in [0.1, 0.15) is 22.9 Å². The van der Waals surface area contributed by atoms with Crippen LogP contribution in [0.15, 0.2) is 72.4 Å². The summed E-state index contributed by atoms with van der Waals surface area (Å²) in [6.07, 6.45) is 1.72. The predicted octanol–water partition coefficient (Wildman–Crippen LogP) is 5.42. The van der Waals surface area contributed by atoms with Gasteiger partial charge >= 0.3 is 5.91 Å². The first kappa shape index (κ1) is 23.8. The quantitative estimate of drug-likeness (QED) is 0.186. The number of hydrogen-bond donors (Lipinski definition) is 1. The fourth-order valence-corrected chi connectivity index (χ4v) is 5.79. The summed E-state index contributed by atoms with van der Waals surface area (Å²) in [6.45, 7) is 4.10. The fourth-order valence-electron chi connectivity index (χ4n) is 4.77. The smallest absolute Gasteiger partial charge is 0.301 e. The standard InChI is InChI=1S/C28H21FN4O4S/c1-3-37-18-11-12-19-20(14-18)38-28(31-19)33-24(16-7-9-17(29)10-8-16)22(26(35)27(33)36)25(34)23-15(2)30-21-6-4-5-13-32(21)23/h4-14,24,34H,3H2,1-2H3/b25-22+. The van der Waals surface area contributed by atoms with E-state index in [0.717, 1.165) is 4.70 Å². The molecule has 0 spiro atoms. The second-order valence-corrected chi connectivity index (χ2v) is 9.76. The van der Waals surface area contributed by atoms with Crippen LogP contribution in [0.3, 0.4) is 0 Å². The van der Waals surface area contributed by atoms with Crippen molar-refractivity contribution < 1.29 is 23.8 Å². The molecular weight excluding hydrogens is 507 g/mol. The molecule has 10 heteroatoms. The number of imidazole rings is 1. The van der Waals surface area contributed by atoms with Crippen LogP contribution in [0.2, 0.25) is 0 Å². The largest absolute Gasteiger partial charge is 0.505 e. The minimum atomic E-state index is -1.03. The predicted molar refractivity (Wildman–Crippen MR) is 142 cm³/mol. The number of aliphatic hydroxyl groups excluding tert-OH is 1. The number of carbonyl (C=O) groups excluding carboxylic acids is 2. The lowest BCUT2D eigenvalue weighted by Gasteiger charge is -2.23. The Morgan fingerprint density at radius 2 is 1.89 bits per heavy atom. The van der Waals surface area contributed by atoms with Gasteiger partial charge in [0.05, 0.1) is 34.1 Å². The molecule has 4 heterocycles. The average Bonchev–Trinajstić information content (AvgIpc) is 3.55. The summed E-state index contributed by atoms with van der Waals surface area (Å²) in [7, 11) is 0. The van der Waals surface area contributed by atoms with Gasteiger partial charge in [0.25, 0.3) is 5.78 Å². The Hall–Kier alpha value is -4.57. The van der Waals surface area contributed by atoms with Gasteiger partial charge in [0.2, 0.25) is 0 Å². The molecule has 8 nitrogen and oxygen atoms in total. The first-order valence-corrected chi connectivity index (χ1v) is 12.7. The van der Waals surface area contributed by atoms with Crippen LogP contribution in [0.5, 0.6) is 5.75 Å². The van der Waals surface area contributed by atoms with Crippen molar-refractivity contribution in [1.29, 1.82) is 0 Å². The number of amides is 1. The van der Waals surface area contributed by atoms with E-state index < -0.39 is 23.5 Å². The van der Waals surface area contributed by atoms with E-state index in [1.807, 2.05) is 19.1 Å². The molecule has 0 bridgehead atoms. The fraction of sp³-hybridized carbons (Fsp3) is 0.143. The van der Waals surface area contributed by atoms with E-state index in [1.54, 1.807) is 41.8 Å². The number of rotatable bonds is 5. The number of carbonyl (C=O) groups is 2. The summed E-state index contributed by atoms with van der Waals surface area (Å²) in [5.41, 5.74) is 2.33. The third kappa shape index (κ3) is 3.72. The first-order chi connectivity index (χ1) is 18.4. The Labute approximate surface area is 220 Å². The molecule has 1 aliphatic rings. The highest BCUT2D eigenvalue weighted by atomic mass is 32.1. The molecule has 1 atom stereocenters. The van der Waals surface area contributed by atoms with Crippen LogP contribution in [0.25, 0.3) is 21.6 Å². The van der Waals surface area contributed by atoms with Crippen molar-refractivity contribution in [3.63, 3.8) is 0 Å². The summed E-state index contributed by atoms with van der Waals surface area (Å²) < 4.78 is 21.9. The summed E-state index contributed by atoms with van der Waals surface area (Å²) in [4.78, 5) is 37.4. The molecular formula is C28H21FN4O4S. The third-order valence-corrected chi connectivity index (χ3v) is 7.44. The van der Waals surface area contributed by atoms with E-state index in [-0.39, 0.29) is 16.5 Å². The second-order valence-electron chi connectivity index (χ2n) is 8.75. The number of aliphatic hydroxyl groups is 1. The molecule has 1 amide bonds. The molecule has 3 aromatic heterocycles. The zero-order chi connectivity index (χ0) is 26.6. The van der Waals surface area contributed by atoms with Crippen molar-refractivity contribution in [2.75, 3.05) is 11.5 Å². The Balaban J connectivity index is 1.57. The molecule has 1 N–H and O–H groups in total. The number of halogens is 1. The number of pyridine rings is 1. The number of hydrogen-bond acceptors (Lipinski definition) is 7. The van der Waals surface area contributed by atoms with Crippen LogP contribution < -0.4 is 9.64 Å². The van der Waals surface area contributed by atoms with Crippen LogP contribution >= 0.6 is 11.3 Å². The van der Waals surface area contributed by atoms with Gasteiger partial charge in [-0.05, 0) is 61.9 Å². The van der Waals surface area contributed by atoms with Gasteiger partial charge in [0.15, 0.2) is 10.9 Å². The monoisotopic (exact) mass is 528 g/mol.